The molecule has 6 nitrogen and oxygen atoms in total. The van der Waals surface area contributed by atoms with E-state index < -0.39 is 0 Å². The van der Waals surface area contributed by atoms with Gasteiger partial charge in [-0.25, -0.2) is 0 Å². The second-order valence-electron chi connectivity index (χ2n) is 5.85. The largest absolute Gasteiger partial charge is 0.497 e. The Morgan fingerprint density at radius 3 is 2.23 bits per heavy atom. The Bertz CT molecular complexity index is 733. The number of hydrogen-bond donors (Lipinski definition) is 2. The highest BCUT2D eigenvalue weighted by molar-refractivity contribution is 6.30. The molecule has 0 aliphatic rings. The van der Waals surface area contributed by atoms with E-state index in [-0.39, 0.29) is 24.9 Å². The first-order valence-electron chi connectivity index (χ1n) is 8.10. The van der Waals surface area contributed by atoms with E-state index in [9.17, 15) is 9.59 Å². The maximum atomic E-state index is 12.0. The van der Waals surface area contributed by atoms with E-state index in [4.69, 9.17) is 16.3 Å². The average Bonchev–Trinajstić information content (AvgIpc) is 2.61. The van der Waals surface area contributed by atoms with Crippen molar-refractivity contribution in [1.29, 1.82) is 0 Å². The Balaban J connectivity index is 1.72. The van der Waals surface area contributed by atoms with Crippen molar-refractivity contribution in [2.45, 2.75) is 6.54 Å². The van der Waals surface area contributed by atoms with Gasteiger partial charge in [0, 0.05) is 17.3 Å². The lowest BCUT2D eigenvalue weighted by Gasteiger charge is -2.16. The van der Waals surface area contributed by atoms with Gasteiger partial charge in [0.05, 0.1) is 20.2 Å². The van der Waals surface area contributed by atoms with Crippen LogP contribution < -0.4 is 15.4 Å². The van der Waals surface area contributed by atoms with Gasteiger partial charge in [-0.3, -0.25) is 14.5 Å². The van der Waals surface area contributed by atoms with Crippen LogP contribution in [0.3, 0.4) is 0 Å². The summed E-state index contributed by atoms with van der Waals surface area (Å²) < 4.78 is 5.07. The Kier molecular flexibility index (Phi) is 7.44. The van der Waals surface area contributed by atoms with Crippen molar-refractivity contribution in [2.75, 3.05) is 32.6 Å². The second-order valence-corrected chi connectivity index (χ2v) is 6.29. The molecule has 2 N–H and O–H groups in total. The number of methoxy groups -OCH3 is 1. The van der Waals surface area contributed by atoms with Gasteiger partial charge in [0.15, 0.2) is 0 Å². The van der Waals surface area contributed by atoms with E-state index in [1.54, 1.807) is 55.5 Å². The minimum absolute atomic E-state index is 0.112. The molecule has 0 bridgehead atoms. The summed E-state index contributed by atoms with van der Waals surface area (Å²) >= 11 is 5.83. The summed E-state index contributed by atoms with van der Waals surface area (Å²) in [4.78, 5) is 25.7. The number of rotatable bonds is 8. The molecule has 0 saturated carbocycles. The Morgan fingerprint density at radius 1 is 1.00 bits per heavy atom. The van der Waals surface area contributed by atoms with E-state index in [1.807, 2.05) is 12.1 Å². The summed E-state index contributed by atoms with van der Waals surface area (Å²) in [5, 5.41) is 6.25. The molecular formula is C19H22ClN3O3. The number of nitrogens with one attached hydrogen (secondary N) is 2. The quantitative estimate of drug-likeness (QED) is 0.743. The van der Waals surface area contributed by atoms with Crippen LogP contribution in [-0.2, 0) is 16.1 Å². The number of carbonyl (C=O) groups is 2. The Hall–Kier alpha value is -2.57. The molecule has 7 heteroatoms. The fourth-order valence-electron chi connectivity index (χ4n) is 2.28. The minimum Gasteiger partial charge on any atom is -0.497 e. The molecule has 0 aromatic heterocycles. The highest BCUT2D eigenvalue weighted by atomic mass is 35.5. The molecule has 0 aliphatic carbocycles. The SMILES string of the molecule is COc1ccc(NC(=O)CN(C)CC(=O)NCc2ccc(Cl)cc2)cc1. The minimum atomic E-state index is -0.192. The van der Waals surface area contributed by atoms with Crippen molar-refractivity contribution < 1.29 is 14.3 Å². The molecule has 0 unspecified atom stereocenters. The number of hydrogen-bond acceptors (Lipinski definition) is 4. The number of benzene rings is 2. The van der Waals surface area contributed by atoms with Crippen molar-refractivity contribution in [1.82, 2.24) is 10.2 Å². The van der Waals surface area contributed by atoms with Crippen molar-refractivity contribution >= 4 is 29.1 Å². The molecule has 0 fully saturated rings. The second kappa shape index (κ2) is 9.79. The number of ether oxygens (including phenoxy) is 1. The molecule has 0 spiro atoms. The monoisotopic (exact) mass is 375 g/mol. The predicted molar refractivity (Wildman–Crippen MR) is 102 cm³/mol. The van der Waals surface area contributed by atoms with Crippen LogP contribution in [0.15, 0.2) is 48.5 Å². The van der Waals surface area contributed by atoms with Crippen molar-refractivity contribution in [3.63, 3.8) is 0 Å². The molecule has 2 amide bonds. The third-order valence-corrected chi connectivity index (χ3v) is 3.86. The van der Waals surface area contributed by atoms with Crippen molar-refractivity contribution in [3.05, 3.63) is 59.1 Å². The Labute approximate surface area is 158 Å². The molecule has 2 aromatic carbocycles. The lowest BCUT2D eigenvalue weighted by atomic mass is 10.2. The zero-order chi connectivity index (χ0) is 18.9. The lowest BCUT2D eigenvalue weighted by Crippen LogP contribution is -2.38. The van der Waals surface area contributed by atoms with Crippen LogP contribution in [0.25, 0.3) is 0 Å². The summed E-state index contributed by atoms with van der Waals surface area (Å²) in [7, 11) is 3.30. The van der Waals surface area contributed by atoms with Gasteiger partial charge in [0.1, 0.15) is 5.75 Å². The molecule has 0 aliphatic heterocycles. The number of anilines is 1. The van der Waals surface area contributed by atoms with Gasteiger partial charge in [0.2, 0.25) is 11.8 Å². The molecular weight excluding hydrogens is 354 g/mol. The van der Waals surface area contributed by atoms with Crippen molar-refractivity contribution in [2.24, 2.45) is 0 Å². The number of amides is 2. The van der Waals surface area contributed by atoms with Gasteiger partial charge in [-0.15, -0.1) is 0 Å². The molecule has 0 saturated heterocycles. The van der Waals surface area contributed by atoms with Crippen LogP contribution in [0.2, 0.25) is 5.02 Å². The van der Waals surface area contributed by atoms with Crippen LogP contribution in [0, 0.1) is 0 Å². The van der Waals surface area contributed by atoms with E-state index in [1.165, 1.54) is 0 Å². The van der Waals surface area contributed by atoms with Gasteiger partial charge >= 0.3 is 0 Å². The molecule has 26 heavy (non-hydrogen) atoms. The Morgan fingerprint density at radius 2 is 1.62 bits per heavy atom. The van der Waals surface area contributed by atoms with Gasteiger partial charge < -0.3 is 15.4 Å². The first kappa shape index (κ1) is 19.8. The van der Waals surface area contributed by atoms with Crippen molar-refractivity contribution in [3.8, 4) is 5.75 Å². The fourth-order valence-corrected chi connectivity index (χ4v) is 2.41. The summed E-state index contributed by atoms with van der Waals surface area (Å²) in [5.41, 5.74) is 1.64. The number of carbonyl (C=O) groups excluding carboxylic acids is 2. The summed E-state index contributed by atoms with van der Waals surface area (Å²) in [6.45, 7) is 0.659. The zero-order valence-electron chi connectivity index (χ0n) is 14.8. The molecule has 0 heterocycles. The third kappa shape index (κ3) is 6.74. The summed E-state index contributed by atoms with van der Waals surface area (Å²) in [6, 6.07) is 14.3. The number of likely N-dealkylation sites (N-methyl/N-ethyl adjacent to an activating group) is 1. The van der Waals surface area contributed by atoms with Gasteiger partial charge in [-0.05, 0) is 49.0 Å². The smallest absolute Gasteiger partial charge is 0.238 e. The average molecular weight is 376 g/mol. The van der Waals surface area contributed by atoms with Gasteiger partial charge in [-0.1, -0.05) is 23.7 Å². The van der Waals surface area contributed by atoms with E-state index in [2.05, 4.69) is 10.6 Å². The van der Waals surface area contributed by atoms with Gasteiger partial charge in [-0.2, -0.15) is 0 Å². The van der Waals surface area contributed by atoms with E-state index in [0.29, 0.717) is 17.3 Å². The molecule has 0 radical (unpaired) electrons. The molecule has 0 atom stereocenters. The van der Waals surface area contributed by atoms with Gasteiger partial charge in [0.25, 0.3) is 0 Å². The standard InChI is InChI=1S/C19H22ClN3O3/c1-23(12-18(24)21-11-14-3-5-15(20)6-4-14)13-19(25)22-16-7-9-17(26-2)10-8-16/h3-10H,11-13H2,1-2H3,(H,21,24)(H,22,25). The number of halogens is 1. The maximum Gasteiger partial charge on any atom is 0.238 e. The summed E-state index contributed by atoms with van der Waals surface area (Å²) in [5.74, 6) is 0.375. The molecule has 2 aromatic rings. The fraction of sp³-hybridized carbons (Fsp3) is 0.263. The normalized spacial score (nSPS) is 10.5. The zero-order valence-corrected chi connectivity index (χ0v) is 15.5. The first-order valence-corrected chi connectivity index (χ1v) is 8.47. The van der Waals surface area contributed by atoms with Crippen LogP contribution in [0.1, 0.15) is 5.56 Å². The topological polar surface area (TPSA) is 70.7 Å². The number of nitrogens with zero attached hydrogens (tertiary/aromatic N) is 1. The lowest BCUT2D eigenvalue weighted by molar-refractivity contribution is -0.123. The molecule has 2 rings (SSSR count). The first-order chi connectivity index (χ1) is 12.5. The van der Waals surface area contributed by atoms with Crippen LogP contribution in [0.4, 0.5) is 5.69 Å². The van der Waals surface area contributed by atoms with Crippen LogP contribution in [0.5, 0.6) is 5.75 Å². The molecule has 138 valence electrons. The highest BCUT2D eigenvalue weighted by Crippen LogP contribution is 2.14. The van der Waals surface area contributed by atoms with Crippen LogP contribution in [-0.4, -0.2) is 44.0 Å². The predicted octanol–water partition coefficient (Wildman–Crippen LogP) is 2.54. The van der Waals surface area contributed by atoms with E-state index in [0.717, 1.165) is 11.3 Å². The maximum absolute atomic E-state index is 12.0. The summed E-state index contributed by atoms with van der Waals surface area (Å²) in [6.07, 6.45) is 0. The van der Waals surface area contributed by atoms with Crippen LogP contribution >= 0.6 is 11.6 Å². The highest BCUT2D eigenvalue weighted by Gasteiger charge is 2.11. The third-order valence-electron chi connectivity index (χ3n) is 3.60. The van der Waals surface area contributed by atoms with E-state index >= 15 is 0 Å².